The first-order chi connectivity index (χ1) is 9.95. The lowest BCUT2D eigenvalue weighted by Gasteiger charge is -2.28. The maximum absolute atomic E-state index is 11.8. The molecule has 0 saturated heterocycles. The van der Waals surface area contributed by atoms with Crippen molar-refractivity contribution < 1.29 is 10.0 Å². The highest BCUT2D eigenvalue weighted by atomic mass is 35.5. The average Bonchev–Trinajstić information content (AvgIpc) is 2.43. The molecule has 0 bridgehead atoms. The van der Waals surface area contributed by atoms with Crippen LogP contribution in [0.1, 0.15) is 5.56 Å². The summed E-state index contributed by atoms with van der Waals surface area (Å²) in [4.78, 5) is 11.8. The van der Waals surface area contributed by atoms with Gasteiger partial charge in [-0.15, -0.1) is 0 Å². The molecule has 2 aromatic carbocycles. The van der Waals surface area contributed by atoms with Crippen molar-refractivity contribution in [3.05, 3.63) is 52.0 Å². The first-order valence-corrected chi connectivity index (χ1v) is 7.09. The summed E-state index contributed by atoms with van der Waals surface area (Å²) in [6, 6.07) is 9.92. The Morgan fingerprint density at radius 2 is 1.76 bits per heavy atom. The Kier molecular flexibility index (Phi) is 3.63. The molecular weight excluding hydrogens is 311 g/mol. The van der Waals surface area contributed by atoms with E-state index in [0.29, 0.717) is 27.2 Å². The Balaban J connectivity index is 2.09. The van der Waals surface area contributed by atoms with Crippen molar-refractivity contribution in [1.29, 1.82) is 0 Å². The van der Waals surface area contributed by atoms with Gasteiger partial charge in [-0.25, -0.2) is 0 Å². The molecule has 21 heavy (non-hydrogen) atoms. The van der Waals surface area contributed by atoms with E-state index in [4.69, 9.17) is 28.9 Å². The number of hydrogen-bond acceptors (Lipinski definition) is 3. The molecule has 3 rings (SSSR count). The molecule has 2 aromatic rings. The van der Waals surface area contributed by atoms with Crippen molar-refractivity contribution in [3.63, 3.8) is 0 Å². The van der Waals surface area contributed by atoms with Crippen molar-refractivity contribution >= 4 is 34.8 Å². The van der Waals surface area contributed by atoms with Crippen molar-refractivity contribution in [2.24, 2.45) is 5.73 Å². The molecule has 1 unspecified atom stereocenters. The molecule has 0 fully saturated rings. The number of hydroxylamine groups is 1. The van der Waals surface area contributed by atoms with E-state index in [9.17, 15) is 10.0 Å². The lowest BCUT2D eigenvalue weighted by Crippen LogP contribution is -2.47. The quantitative estimate of drug-likeness (QED) is 0.792. The van der Waals surface area contributed by atoms with Crippen LogP contribution >= 0.6 is 23.2 Å². The van der Waals surface area contributed by atoms with E-state index >= 15 is 0 Å². The highest BCUT2D eigenvalue weighted by Crippen LogP contribution is 2.33. The first kappa shape index (κ1) is 14.4. The Bertz CT molecular complexity index is 713. The zero-order valence-electron chi connectivity index (χ0n) is 10.9. The molecule has 1 amide bonds. The van der Waals surface area contributed by atoms with Crippen LogP contribution in [0.3, 0.4) is 0 Å². The van der Waals surface area contributed by atoms with E-state index in [1.165, 1.54) is 0 Å². The highest BCUT2D eigenvalue weighted by molar-refractivity contribution is 6.35. The van der Waals surface area contributed by atoms with Gasteiger partial charge in [-0.2, -0.15) is 5.06 Å². The van der Waals surface area contributed by atoms with Crippen molar-refractivity contribution in [3.8, 4) is 11.1 Å². The summed E-state index contributed by atoms with van der Waals surface area (Å²) in [5.41, 5.74) is 8.56. The summed E-state index contributed by atoms with van der Waals surface area (Å²) in [5, 5.41) is 11.6. The average molecular weight is 323 g/mol. The number of halogens is 2. The van der Waals surface area contributed by atoms with Crippen LogP contribution in [-0.2, 0) is 11.2 Å². The Labute approximate surface area is 131 Å². The van der Waals surface area contributed by atoms with Gasteiger partial charge < -0.3 is 5.73 Å². The fraction of sp³-hybridized carbons (Fsp3) is 0.133. The molecule has 3 N–H and O–H groups in total. The second-order valence-electron chi connectivity index (χ2n) is 4.96. The smallest absolute Gasteiger partial charge is 0.267 e. The van der Waals surface area contributed by atoms with Crippen LogP contribution in [0, 0.1) is 0 Å². The molecular formula is C15H12Cl2N2O2. The standard InChI is InChI=1S/C15H12Cl2N2O2/c16-11-3-10(4-12(17)7-11)8-1-2-9-5-13(18)15(20)19(21)14(9)6-8/h1-4,6-7,13,21H,5,18H2. The summed E-state index contributed by atoms with van der Waals surface area (Å²) < 4.78 is 0. The van der Waals surface area contributed by atoms with Gasteiger partial charge in [-0.05, 0) is 47.4 Å². The molecule has 0 saturated carbocycles. The number of benzene rings is 2. The Morgan fingerprint density at radius 3 is 2.43 bits per heavy atom. The van der Waals surface area contributed by atoms with Gasteiger partial charge in [0.2, 0.25) is 0 Å². The fourth-order valence-corrected chi connectivity index (χ4v) is 2.96. The van der Waals surface area contributed by atoms with Crippen molar-refractivity contribution in [2.45, 2.75) is 12.5 Å². The number of hydrogen-bond donors (Lipinski definition) is 2. The Hall–Kier alpha value is -1.59. The zero-order valence-corrected chi connectivity index (χ0v) is 12.4. The van der Waals surface area contributed by atoms with Crippen LogP contribution < -0.4 is 10.8 Å². The maximum atomic E-state index is 11.8. The van der Waals surface area contributed by atoms with Gasteiger partial charge in [-0.3, -0.25) is 10.0 Å². The van der Waals surface area contributed by atoms with Gasteiger partial charge in [0.05, 0.1) is 11.7 Å². The van der Waals surface area contributed by atoms with Crippen molar-refractivity contribution in [1.82, 2.24) is 0 Å². The molecule has 4 nitrogen and oxygen atoms in total. The molecule has 0 aromatic heterocycles. The molecule has 0 aliphatic carbocycles. The highest BCUT2D eigenvalue weighted by Gasteiger charge is 2.29. The SMILES string of the molecule is NC1Cc2ccc(-c3cc(Cl)cc(Cl)c3)cc2N(O)C1=O. The third-order valence-electron chi connectivity index (χ3n) is 3.48. The van der Waals surface area contributed by atoms with E-state index in [1.54, 1.807) is 24.3 Å². The lowest BCUT2D eigenvalue weighted by atomic mass is 9.95. The van der Waals surface area contributed by atoms with E-state index in [0.717, 1.165) is 16.7 Å². The maximum Gasteiger partial charge on any atom is 0.267 e. The normalized spacial score (nSPS) is 17.8. The number of nitrogens with zero attached hydrogens (tertiary/aromatic N) is 1. The molecule has 0 spiro atoms. The summed E-state index contributed by atoms with van der Waals surface area (Å²) in [5.74, 6) is -0.510. The summed E-state index contributed by atoms with van der Waals surface area (Å²) in [6.07, 6.45) is 0.405. The van der Waals surface area contributed by atoms with Gasteiger partial charge in [0.25, 0.3) is 5.91 Å². The van der Waals surface area contributed by atoms with Crippen LogP contribution in [0.4, 0.5) is 5.69 Å². The molecule has 0 radical (unpaired) electrons. The number of anilines is 1. The van der Waals surface area contributed by atoms with Gasteiger partial charge in [0.15, 0.2) is 0 Å². The van der Waals surface area contributed by atoms with Gasteiger partial charge in [-0.1, -0.05) is 35.3 Å². The van der Waals surface area contributed by atoms with E-state index < -0.39 is 11.9 Å². The topological polar surface area (TPSA) is 66.6 Å². The number of nitrogens with two attached hydrogens (primary N) is 1. The third-order valence-corrected chi connectivity index (χ3v) is 3.91. The van der Waals surface area contributed by atoms with E-state index in [2.05, 4.69) is 0 Å². The minimum atomic E-state index is -0.714. The molecule has 6 heteroatoms. The number of carbonyl (C=O) groups excluding carboxylic acids is 1. The summed E-state index contributed by atoms with van der Waals surface area (Å²) in [7, 11) is 0. The lowest BCUT2D eigenvalue weighted by molar-refractivity contribution is -0.125. The molecule has 1 aliphatic rings. The monoisotopic (exact) mass is 322 g/mol. The summed E-state index contributed by atoms with van der Waals surface area (Å²) in [6.45, 7) is 0. The second-order valence-corrected chi connectivity index (χ2v) is 5.84. The van der Waals surface area contributed by atoms with Gasteiger partial charge >= 0.3 is 0 Å². The number of fused-ring (bicyclic) bond motifs is 1. The molecule has 108 valence electrons. The minimum absolute atomic E-state index is 0.405. The van der Waals surface area contributed by atoms with Crippen LogP contribution in [0.15, 0.2) is 36.4 Å². The minimum Gasteiger partial charge on any atom is -0.320 e. The molecule has 1 atom stereocenters. The predicted octanol–water partition coefficient (Wildman–Crippen LogP) is 3.27. The number of rotatable bonds is 1. The van der Waals surface area contributed by atoms with Crippen LogP contribution in [0.25, 0.3) is 11.1 Å². The number of amides is 1. The Morgan fingerprint density at radius 1 is 1.10 bits per heavy atom. The van der Waals surface area contributed by atoms with Crippen molar-refractivity contribution in [2.75, 3.05) is 5.06 Å². The van der Waals surface area contributed by atoms with Crippen LogP contribution in [-0.4, -0.2) is 17.2 Å². The third kappa shape index (κ3) is 2.63. The zero-order chi connectivity index (χ0) is 15.1. The second kappa shape index (κ2) is 5.31. The van der Waals surface area contributed by atoms with E-state index in [1.807, 2.05) is 12.1 Å². The fourth-order valence-electron chi connectivity index (χ4n) is 2.43. The largest absolute Gasteiger partial charge is 0.320 e. The van der Waals surface area contributed by atoms with Gasteiger partial charge in [0.1, 0.15) is 0 Å². The van der Waals surface area contributed by atoms with E-state index in [-0.39, 0.29) is 0 Å². The van der Waals surface area contributed by atoms with Crippen LogP contribution in [0.5, 0.6) is 0 Å². The molecule has 1 heterocycles. The van der Waals surface area contributed by atoms with Gasteiger partial charge in [0, 0.05) is 10.0 Å². The predicted molar refractivity (Wildman–Crippen MR) is 82.8 cm³/mol. The molecule has 1 aliphatic heterocycles. The van der Waals surface area contributed by atoms with Crippen LogP contribution in [0.2, 0.25) is 10.0 Å². The number of carbonyl (C=O) groups is 1. The summed E-state index contributed by atoms with van der Waals surface area (Å²) >= 11 is 12.0. The first-order valence-electron chi connectivity index (χ1n) is 6.33.